The third kappa shape index (κ3) is 2.30. The number of benzene rings is 1. The van der Waals surface area contributed by atoms with Gasteiger partial charge in [-0.25, -0.2) is 4.79 Å². The van der Waals surface area contributed by atoms with E-state index in [1.807, 2.05) is 19.1 Å². The Morgan fingerprint density at radius 1 is 1.15 bits per heavy atom. The molecule has 1 unspecified atom stereocenters. The van der Waals surface area contributed by atoms with Crippen molar-refractivity contribution in [1.82, 2.24) is 9.80 Å². The summed E-state index contributed by atoms with van der Waals surface area (Å²) in [6.07, 6.45) is 0. The van der Waals surface area contributed by atoms with Gasteiger partial charge in [0.15, 0.2) is 0 Å². The lowest BCUT2D eigenvalue weighted by Crippen LogP contribution is -2.61. The Labute approximate surface area is 152 Å². The Bertz CT molecular complexity index is 994. The standard InChI is InChI=1S/C16H14N6O3S/c1-8-4-6-9(7-5-8)18-19-12-14(24)26-15-17-11-10(22(12)15)13(23)21(3)16(25)20(11)2/h4-7,10H,1-3H3/p+1. The van der Waals surface area contributed by atoms with E-state index in [1.165, 1.54) is 16.5 Å². The Morgan fingerprint density at radius 3 is 2.54 bits per heavy atom. The van der Waals surface area contributed by atoms with Gasteiger partial charge in [-0.2, -0.15) is 4.57 Å². The van der Waals surface area contributed by atoms with Gasteiger partial charge in [0, 0.05) is 19.2 Å². The number of aryl methyl sites for hydroxylation is 1. The molecular weight excluding hydrogens is 356 g/mol. The Morgan fingerprint density at radius 2 is 1.85 bits per heavy atom. The highest BCUT2D eigenvalue weighted by Crippen LogP contribution is 2.42. The topological polar surface area (TPSA) is 102 Å². The van der Waals surface area contributed by atoms with Crippen molar-refractivity contribution in [2.24, 2.45) is 15.2 Å². The number of amides is 3. The number of imide groups is 1. The van der Waals surface area contributed by atoms with Crippen LogP contribution in [0.15, 0.2) is 39.5 Å². The number of rotatable bonds is 2. The number of aromatic hydroxyl groups is 1. The first-order valence-corrected chi connectivity index (χ1v) is 8.59. The molecule has 2 aliphatic rings. The molecule has 0 aliphatic carbocycles. The van der Waals surface area contributed by atoms with E-state index in [1.54, 1.807) is 19.2 Å². The van der Waals surface area contributed by atoms with Gasteiger partial charge in [-0.05, 0) is 30.4 Å². The number of carbonyl (C=O) groups is 2. The highest BCUT2D eigenvalue weighted by molar-refractivity contribution is 7.17. The second-order valence-electron chi connectivity index (χ2n) is 6.03. The van der Waals surface area contributed by atoms with Gasteiger partial charge in [0.2, 0.25) is 11.9 Å². The summed E-state index contributed by atoms with van der Waals surface area (Å²) >= 11 is 0.982. The highest BCUT2D eigenvalue weighted by Gasteiger charge is 2.53. The number of urea groups is 1. The van der Waals surface area contributed by atoms with Crippen molar-refractivity contribution in [3.63, 3.8) is 0 Å². The summed E-state index contributed by atoms with van der Waals surface area (Å²) in [6.45, 7) is 1.97. The van der Waals surface area contributed by atoms with Crippen LogP contribution in [0.25, 0.3) is 0 Å². The molecule has 1 saturated heterocycles. The number of likely N-dealkylation sites (N-methyl/N-ethyl adjacent to an activating group) is 2. The molecule has 4 rings (SSSR count). The van der Waals surface area contributed by atoms with Gasteiger partial charge < -0.3 is 5.11 Å². The maximum absolute atomic E-state index is 12.6. The minimum atomic E-state index is -0.846. The largest absolute Gasteiger partial charge is 0.495 e. The van der Waals surface area contributed by atoms with E-state index in [9.17, 15) is 14.7 Å². The van der Waals surface area contributed by atoms with Crippen LogP contribution in [0.5, 0.6) is 5.06 Å². The van der Waals surface area contributed by atoms with Crippen molar-refractivity contribution in [3.05, 3.63) is 29.8 Å². The summed E-state index contributed by atoms with van der Waals surface area (Å²) in [4.78, 5) is 31.4. The maximum Gasteiger partial charge on any atom is 0.343 e. The number of thiazole rings is 1. The number of amidine groups is 1. The second kappa shape index (κ2) is 5.70. The molecule has 2 aliphatic heterocycles. The number of azo groups is 1. The average Bonchev–Trinajstić information content (AvgIpc) is 3.13. The molecule has 1 atom stereocenters. The Hall–Kier alpha value is -3.14. The van der Waals surface area contributed by atoms with Gasteiger partial charge in [0.1, 0.15) is 5.69 Å². The van der Waals surface area contributed by atoms with E-state index < -0.39 is 18.0 Å². The third-order valence-corrected chi connectivity index (χ3v) is 5.15. The first-order chi connectivity index (χ1) is 12.4. The molecule has 2 aromatic rings. The minimum Gasteiger partial charge on any atom is -0.495 e. The summed E-state index contributed by atoms with van der Waals surface area (Å²) in [5.41, 5.74) is 1.72. The third-order valence-electron chi connectivity index (χ3n) is 4.30. The van der Waals surface area contributed by atoms with Crippen LogP contribution in [0.3, 0.4) is 0 Å². The van der Waals surface area contributed by atoms with Crippen LogP contribution < -0.4 is 4.57 Å². The fourth-order valence-corrected chi connectivity index (χ4v) is 3.68. The van der Waals surface area contributed by atoms with Gasteiger partial charge in [-0.15, -0.1) is 0 Å². The fraction of sp³-hybridized carbons (Fsp3) is 0.250. The van der Waals surface area contributed by atoms with E-state index in [2.05, 4.69) is 15.2 Å². The van der Waals surface area contributed by atoms with Crippen LogP contribution in [-0.4, -0.2) is 46.8 Å². The van der Waals surface area contributed by atoms with Crippen LogP contribution in [0.4, 0.5) is 21.4 Å². The zero-order valence-corrected chi connectivity index (χ0v) is 15.1. The quantitative estimate of drug-likeness (QED) is 0.648. The minimum absolute atomic E-state index is 0.0892. The van der Waals surface area contributed by atoms with Crippen molar-refractivity contribution < 1.29 is 19.3 Å². The molecule has 1 fully saturated rings. The van der Waals surface area contributed by atoms with Gasteiger partial charge in [-0.1, -0.05) is 27.8 Å². The van der Waals surface area contributed by atoms with Crippen LogP contribution in [-0.2, 0) is 4.79 Å². The van der Waals surface area contributed by atoms with E-state index in [4.69, 9.17) is 0 Å². The van der Waals surface area contributed by atoms with E-state index in [0.717, 1.165) is 21.8 Å². The Balaban J connectivity index is 1.76. The fourth-order valence-electron chi connectivity index (χ4n) is 2.85. The number of carbonyl (C=O) groups excluding carboxylic acids is 2. The summed E-state index contributed by atoms with van der Waals surface area (Å²) in [7, 11) is 2.97. The molecule has 1 N–H and O–H groups in total. The van der Waals surface area contributed by atoms with Crippen LogP contribution in [0, 0.1) is 6.92 Å². The normalized spacial score (nSPS) is 19.2. The first-order valence-electron chi connectivity index (χ1n) is 7.78. The summed E-state index contributed by atoms with van der Waals surface area (Å²) in [5.74, 6) is 0.0233. The molecule has 132 valence electrons. The average molecular weight is 371 g/mol. The molecule has 0 spiro atoms. The van der Waals surface area contributed by atoms with Gasteiger partial charge in [0.05, 0.1) is 0 Å². The molecule has 1 aromatic carbocycles. The predicted octanol–water partition coefficient (Wildman–Crippen LogP) is 2.57. The number of aromatic nitrogens is 1. The van der Waals surface area contributed by atoms with Gasteiger partial charge in [0.25, 0.3) is 11.0 Å². The lowest BCUT2D eigenvalue weighted by atomic mass is 10.2. The number of aliphatic imine (C=N–C) groups is 1. The van der Waals surface area contributed by atoms with Crippen molar-refractivity contribution in [1.29, 1.82) is 0 Å². The summed E-state index contributed by atoms with van der Waals surface area (Å²) in [6, 6.07) is 6.12. The van der Waals surface area contributed by atoms with Gasteiger partial charge >= 0.3 is 17.0 Å². The van der Waals surface area contributed by atoms with E-state index in [-0.39, 0.29) is 10.9 Å². The number of nitrogens with zero attached hydrogens (tertiary/aromatic N) is 6. The van der Waals surface area contributed by atoms with Crippen molar-refractivity contribution >= 4 is 45.7 Å². The van der Waals surface area contributed by atoms with Crippen molar-refractivity contribution in [2.75, 3.05) is 14.1 Å². The maximum atomic E-state index is 12.6. The second-order valence-corrected chi connectivity index (χ2v) is 6.99. The molecule has 3 amide bonds. The molecule has 26 heavy (non-hydrogen) atoms. The first kappa shape index (κ1) is 16.3. The van der Waals surface area contributed by atoms with Gasteiger partial charge in [-0.3, -0.25) is 14.6 Å². The zero-order valence-electron chi connectivity index (χ0n) is 14.2. The van der Waals surface area contributed by atoms with Crippen molar-refractivity contribution in [3.8, 4) is 5.06 Å². The van der Waals surface area contributed by atoms with Crippen LogP contribution >= 0.6 is 11.3 Å². The Kier molecular flexibility index (Phi) is 3.58. The van der Waals surface area contributed by atoms with Crippen molar-refractivity contribution in [2.45, 2.75) is 13.0 Å². The van der Waals surface area contributed by atoms with Crippen LogP contribution in [0.2, 0.25) is 0 Å². The number of hydrogen-bond acceptors (Lipinski definition) is 7. The molecule has 9 nitrogen and oxygen atoms in total. The molecule has 3 heterocycles. The van der Waals surface area contributed by atoms with E-state index in [0.29, 0.717) is 16.7 Å². The number of hydrogen-bond donors (Lipinski definition) is 1. The predicted molar refractivity (Wildman–Crippen MR) is 93.6 cm³/mol. The lowest BCUT2D eigenvalue weighted by molar-refractivity contribution is -0.661. The zero-order chi connectivity index (χ0) is 18.6. The summed E-state index contributed by atoms with van der Waals surface area (Å²) in [5, 5.41) is 18.8. The summed E-state index contributed by atoms with van der Waals surface area (Å²) < 4.78 is 1.51. The molecule has 0 saturated carbocycles. The highest BCUT2D eigenvalue weighted by atomic mass is 32.1. The molecule has 1 aromatic heterocycles. The molecule has 0 radical (unpaired) electrons. The molecule has 0 bridgehead atoms. The monoisotopic (exact) mass is 371 g/mol. The number of fused-ring (bicyclic) bond motifs is 3. The smallest absolute Gasteiger partial charge is 0.343 e. The SMILES string of the molecule is Cc1ccc(N=Nc2c(O)sc3[n+]2C2C(=O)N(C)C(=O)N(C)C2=N3)cc1. The molecular formula is C16H15N6O3S+. The van der Waals surface area contributed by atoms with E-state index >= 15 is 0 Å². The molecule has 10 heteroatoms. The van der Waals surface area contributed by atoms with Crippen LogP contribution in [0.1, 0.15) is 11.6 Å². The lowest BCUT2D eigenvalue weighted by Gasteiger charge is -2.30.